The van der Waals surface area contributed by atoms with Gasteiger partial charge in [0.25, 0.3) is 0 Å². The van der Waals surface area contributed by atoms with Gasteiger partial charge in [0.2, 0.25) is 0 Å². The van der Waals surface area contributed by atoms with Gasteiger partial charge in [-0.05, 0) is 24.0 Å². The molecule has 0 saturated carbocycles. The van der Waals surface area contributed by atoms with Crippen molar-refractivity contribution in [3.8, 4) is 0 Å². The van der Waals surface area contributed by atoms with Crippen molar-refractivity contribution in [2.24, 2.45) is 5.73 Å². The summed E-state index contributed by atoms with van der Waals surface area (Å²) >= 11 is 0. The van der Waals surface area contributed by atoms with Gasteiger partial charge in [0, 0.05) is 6.54 Å². The molecular weight excluding hydrogens is 253 g/mol. The van der Waals surface area contributed by atoms with Crippen molar-refractivity contribution in [2.45, 2.75) is 32.8 Å². The largest absolute Gasteiger partial charge is 0.470 e. The molecule has 1 aromatic carbocycles. The molecule has 0 amide bonds. The Labute approximate surface area is 107 Å². The van der Waals surface area contributed by atoms with E-state index in [2.05, 4.69) is 0 Å². The first-order chi connectivity index (χ1) is 8.24. The molecule has 0 aliphatic heterocycles. The van der Waals surface area contributed by atoms with Crippen LogP contribution >= 0.6 is 7.82 Å². The van der Waals surface area contributed by atoms with Crippen LogP contribution in [0.2, 0.25) is 0 Å². The molecule has 4 N–H and O–H groups in total. The zero-order chi connectivity index (χ0) is 13.9. The van der Waals surface area contributed by atoms with Crippen LogP contribution in [0, 0.1) is 6.92 Å². The highest BCUT2D eigenvalue weighted by Crippen LogP contribution is 2.43. The van der Waals surface area contributed by atoms with Crippen molar-refractivity contribution in [2.75, 3.05) is 6.54 Å². The highest BCUT2D eigenvalue weighted by atomic mass is 31.2. The van der Waals surface area contributed by atoms with E-state index >= 15 is 0 Å². The van der Waals surface area contributed by atoms with Crippen molar-refractivity contribution in [1.82, 2.24) is 0 Å². The number of phosphoric acid groups is 1. The van der Waals surface area contributed by atoms with Crippen LogP contribution in [-0.4, -0.2) is 16.3 Å². The van der Waals surface area contributed by atoms with Crippen molar-refractivity contribution in [3.63, 3.8) is 0 Å². The lowest BCUT2D eigenvalue weighted by Gasteiger charge is -2.22. The molecule has 0 aliphatic rings. The minimum Gasteiger partial charge on any atom is -0.328 e. The molecule has 0 aliphatic carbocycles. The van der Waals surface area contributed by atoms with Crippen LogP contribution in [0.15, 0.2) is 18.2 Å². The zero-order valence-electron chi connectivity index (χ0n) is 10.8. The monoisotopic (exact) mass is 273 g/mol. The summed E-state index contributed by atoms with van der Waals surface area (Å²) in [6.07, 6.45) is -0.789. The van der Waals surface area contributed by atoms with Crippen LogP contribution in [0.4, 0.5) is 0 Å². The van der Waals surface area contributed by atoms with E-state index in [1.807, 2.05) is 39.0 Å². The van der Waals surface area contributed by atoms with E-state index in [-0.39, 0.29) is 12.5 Å². The lowest BCUT2D eigenvalue weighted by molar-refractivity contribution is 0.138. The number of benzene rings is 1. The Morgan fingerprint density at radius 1 is 1.33 bits per heavy atom. The molecule has 0 saturated heterocycles. The van der Waals surface area contributed by atoms with Gasteiger partial charge >= 0.3 is 7.82 Å². The molecule has 18 heavy (non-hydrogen) atoms. The first kappa shape index (κ1) is 15.3. The predicted molar refractivity (Wildman–Crippen MR) is 70.2 cm³/mol. The van der Waals surface area contributed by atoms with Crippen LogP contribution < -0.4 is 5.73 Å². The fourth-order valence-corrected chi connectivity index (χ4v) is 2.42. The maximum atomic E-state index is 11.0. The van der Waals surface area contributed by atoms with E-state index in [0.29, 0.717) is 0 Å². The third-order valence-corrected chi connectivity index (χ3v) is 3.22. The Hall–Kier alpha value is -0.710. The van der Waals surface area contributed by atoms with Gasteiger partial charge in [0.15, 0.2) is 0 Å². The Morgan fingerprint density at radius 2 is 1.94 bits per heavy atom. The third kappa shape index (κ3) is 4.19. The SMILES string of the molecule is Cc1ccc(C(C)C)c(C(CN)OP(=O)(O)O)c1. The van der Waals surface area contributed by atoms with Crippen LogP contribution in [0.25, 0.3) is 0 Å². The average molecular weight is 273 g/mol. The third-order valence-electron chi connectivity index (χ3n) is 2.69. The number of phosphoric ester groups is 1. The molecule has 5 nitrogen and oxygen atoms in total. The van der Waals surface area contributed by atoms with Gasteiger partial charge in [-0.1, -0.05) is 37.6 Å². The van der Waals surface area contributed by atoms with Gasteiger partial charge in [0.1, 0.15) is 6.10 Å². The molecule has 0 bridgehead atoms. The van der Waals surface area contributed by atoms with Gasteiger partial charge in [0.05, 0.1) is 0 Å². The molecule has 0 fully saturated rings. The molecule has 6 heteroatoms. The highest BCUT2D eigenvalue weighted by Gasteiger charge is 2.25. The minimum atomic E-state index is -4.55. The quantitative estimate of drug-likeness (QED) is 0.715. The zero-order valence-corrected chi connectivity index (χ0v) is 11.7. The fraction of sp³-hybridized carbons (Fsp3) is 0.500. The molecule has 1 unspecified atom stereocenters. The summed E-state index contributed by atoms with van der Waals surface area (Å²) in [7, 11) is -4.55. The van der Waals surface area contributed by atoms with E-state index in [4.69, 9.17) is 20.0 Å². The summed E-state index contributed by atoms with van der Waals surface area (Å²) in [5, 5.41) is 0. The fourth-order valence-electron chi connectivity index (χ4n) is 1.89. The van der Waals surface area contributed by atoms with Crippen LogP contribution in [0.1, 0.15) is 42.6 Å². The topological polar surface area (TPSA) is 92.8 Å². The molecule has 0 heterocycles. The Balaban J connectivity index is 3.19. The van der Waals surface area contributed by atoms with Crippen molar-refractivity contribution in [1.29, 1.82) is 0 Å². The van der Waals surface area contributed by atoms with E-state index in [9.17, 15) is 4.57 Å². The second-order valence-electron chi connectivity index (χ2n) is 4.61. The number of hydrogen-bond donors (Lipinski definition) is 3. The molecule has 0 aromatic heterocycles. The number of aryl methyl sites for hydroxylation is 1. The van der Waals surface area contributed by atoms with Crippen LogP contribution in [-0.2, 0) is 9.09 Å². The first-order valence-corrected chi connectivity index (χ1v) is 7.32. The van der Waals surface area contributed by atoms with Crippen LogP contribution in [0.5, 0.6) is 0 Å². The minimum absolute atomic E-state index is 0.0221. The summed E-state index contributed by atoms with van der Waals surface area (Å²) < 4.78 is 15.7. The van der Waals surface area contributed by atoms with Gasteiger partial charge in [-0.3, -0.25) is 4.52 Å². The summed E-state index contributed by atoms with van der Waals surface area (Å²) in [4.78, 5) is 17.8. The van der Waals surface area contributed by atoms with E-state index in [1.165, 1.54) is 0 Å². The molecule has 1 atom stereocenters. The van der Waals surface area contributed by atoms with E-state index in [1.54, 1.807) is 0 Å². The summed E-state index contributed by atoms with van der Waals surface area (Å²) in [6, 6.07) is 5.77. The van der Waals surface area contributed by atoms with Gasteiger partial charge < -0.3 is 15.5 Å². The number of rotatable bonds is 5. The molecular formula is C12H20NO4P. The number of hydrogen-bond acceptors (Lipinski definition) is 3. The highest BCUT2D eigenvalue weighted by molar-refractivity contribution is 7.46. The Morgan fingerprint density at radius 3 is 2.39 bits per heavy atom. The summed E-state index contributed by atoms with van der Waals surface area (Å²) in [5.74, 6) is 0.232. The number of nitrogens with two attached hydrogens (primary N) is 1. The van der Waals surface area contributed by atoms with Crippen LogP contribution in [0.3, 0.4) is 0 Å². The summed E-state index contributed by atoms with van der Waals surface area (Å²) in [6.45, 7) is 5.96. The van der Waals surface area contributed by atoms with Gasteiger partial charge in [-0.2, -0.15) is 0 Å². The predicted octanol–water partition coefficient (Wildman–Crippen LogP) is 2.23. The smallest absolute Gasteiger partial charge is 0.328 e. The van der Waals surface area contributed by atoms with Gasteiger partial charge in [-0.15, -0.1) is 0 Å². The maximum absolute atomic E-state index is 11.0. The maximum Gasteiger partial charge on any atom is 0.470 e. The normalized spacial score (nSPS) is 13.9. The van der Waals surface area contributed by atoms with Crippen molar-refractivity contribution in [3.05, 3.63) is 34.9 Å². The first-order valence-electron chi connectivity index (χ1n) is 5.79. The summed E-state index contributed by atoms with van der Waals surface area (Å²) in [5.41, 5.74) is 8.30. The van der Waals surface area contributed by atoms with Crippen molar-refractivity contribution < 1.29 is 18.9 Å². The second-order valence-corrected chi connectivity index (χ2v) is 5.80. The lowest BCUT2D eigenvalue weighted by atomic mass is 9.92. The second kappa shape index (κ2) is 5.95. The molecule has 1 rings (SSSR count). The van der Waals surface area contributed by atoms with E-state index in [0.717, 1.165) is 16.7 Å². The molecule has 1 aromatic rings. The molecule has 0 spiro atoms. The molecule has 0 radical (unpaired) electrons. The Kier molecular flexibility index (Phi) is 5.08. The van der Waals surface area contributed by atoms with Crippen molar-refractivity contribution >= 4 is 7.82 Å². The molecule has 102 valence electrons. The Bertz CT molecular complexity index is 455. The van der Waals surface area contributed by atoms with Gasteiger partial charge in [-0.25, -0.2) is 4.57 Å². The lowest BCUT2D eigenvalue weighted by Crippen LogP contribution is -2.17. The standard InChI is InChI=1S/C12H20NO4P/c1-8(2)10-5-4-9(3)6-11(10)12(7-13)17-18(14,15)16/h4-6,8,12H,7,13H2,1-3H3,(H2,14,15,16). The van der Waals surface area contributed by atoms with E-state index < -0.39 is 13.9 Å². The average Bonchev–Trinajstić information content (AvgIpc) is 2.24.